The highest BCUT2D eigenvalue weighted by Gasteiger charge is 2.28. The van der Waals surface area contributed by atoms with E-state index in [4.69, 9.17) is 5.73 Å². The van der Waals surface area contributed by atoms with Gasteiger partial charge in [-0.25, -0.2) is 17.9 Å². The molecule has 0 atom stereocenters. The van der Waals surface area contributed by atoms with E-state index >= 15 is 0 Å². The van der Waals surface area contributed by atoms with Crippen LogP contribution in [0, 0.1) is 6.92 Å². The van der Waals surface area contributed by atoms with Crippen LogP contribution in [0.15, 0.2) is 46.2 Å². The fourth-order valence-corrected chi connectivity index (χ4v) is 4.13. The molecule has 0 aliphatic carbocycles. The number of anilines is 1. The van der Waals surface area contributed by atoms with E-state index in [0.29, 0.717) is 18.6 Å². The highest BCUT2D eigenvalue weighted by molar-refractivity contribution is 7.91. The van der Waals surface area contributed by atoms with Gasteiger partial charge in [0.15, 0.2) is 16.4 Å². The van der Waals surface area contributed by atoms with Crippen LogP contribution in [0.25, 0.3) is 5.65 Å². The quantitative estimate of drug-likeness (QED) is 0.699. The Morgan fingerprint density at radius 3 is 2.52 bits per heavy atom. The molecule has 3 rings (SSSR count). The second kappa shape index (κ2) is 7.38. The summed E-state index contributed by atoms with van der Waals surface area (Å²) in [4.78, 5) is 4.78. The maximum absolute atomic E-state index is 13.1. The molecule has 0 fully saturated rings. The minimum absolute atomic E-state index is 0. The number of nitrogens with two attached hydrogens (primary N) is 1. The summed E-state index contributed by atoms with van der Waals surface area (Å²) in [5.41, 5.74) is 7.47. The van der Waals surface area contributed by atoms with E-state index in [-0.39, 0.29) is 28.0 Å². The summed E-state index contributed by atoms with van der Waals surface area (Å²) in [6.45, 7) is 2.30. The van der Waals surface area contributed by atoms with Gasteiger partial charge in [0, 0.05) is 24.9 Å². The molecule has 0 aliphatic rings. The topological polar surface area (TPSA) is 102 Å². The number of sulfone groups is 1. The summed E-state index contributed by atoms with van der Waals surface area (Å²) in [5, 5.41) is 7.22. The van der Waals surface area contributed by atoms with Gasteiger partial charge in [0.05, 0.1) is 4.90 Å². The monoisotopic (exact) mass is 381 g/mol. The zero-order valence-corrected chi connectivity index (χ0v) is 15.6. The molecule has 0 radical (unpaired) electrons. The second-order valence-corrected chi connectivity index (χ2v) is 7.29. The van der Waals surface area contributed by atoms with Gasteiger partial charge in [-0.15, -0.1) is 17.5 Å². The van der Waals surface area contributed by atoms with Crippen LogP contribution in [-0.2, 0) is 16.3 Å². The number of hydrogen-bond acceptors (Lipinski definition) is 6. The standard InChI is InChI=1S/C16H19N5O2S.ClH/c1-11-10-12(8-9-17)19-16-14(15(18-2)20-21(11)16)24(22,23)13-6-4-3-5-7-13;/h3-7,10H,8-9,17H2,1-2H3,(H,18,20);1H. The maximum atomic E-state index is 13.1. The third-order valence-electron chi connectivity index (χ3n) is 3.74. The summed E-state index contributed by atoms with van der Waals surface area (Å²) < 4.78 is 27.8. The molecule has 134 valence electrons. The van der Waals surface area contributed by atoms with Crippen LogP contribution in [0.5, 0.6) is 0 Å². The molecule has 0 saturated carbocycles. The molecule has 0 bridgehead atoms. The van der Waals surface area contributed by atoms with Crippen molar-refractivity contribution in [3.05, 3.63) is 47.8 Å². The van der Waals surface area contributed by atoms with Crippen molar-refractivity contribution in [1.82, 2.24) is 14.6 Å². The Morgan fingerprint density at radius 1 is 1.24 bits per heavy atom. The average Bonchev–Trinajstić information content (AvgIpc) is 2.96. The first-order valence-electron chi connectivity index (χ1n) is 7.56. The Kier molecular flexibility index (Phi) is 5.66. The van der Waals surface area contributed by atoms with E-state index in [0.717, 1.165) is 11.4 Å². The highest BCUT2D eigenvalue weighted by atomic mass is 35.5. The van der Waals surface area contributed by atoms with Gasteiger partial charge in [0.1, 0.15) is 0 Å². The van der Waals surface area contributed by atoms with Gasteiger partial charge in [-0.2, -0.15) is 0 Å². The first-order valence-corrected chi connectivity index (χ1v) is 9.04. The molecule has 0 unspecified atom stereocenters. The molecule has 25 heavy (non-hydrogen) atoms. The Hall–Kier alpha value is -2.16. The zero-order chi connectivity index (χ0) is 17.3. The molecule has 2 heterocycles. The van der Waals surface area contributed by atoms with Crippen molar-refractivity contribution in [1.29, 1.82) is 0 Å². The largest absolute Gasteiger partial charge is 0.370 e. The van der Waals surface area contributed by atoms with Gasteiger partial charge in [-0.05, 0) is 31.7 Å². The first-order chi connectivity index (χ1) is 11.5. The van der Waals surface area contributed by atoms with E-state index in [2.05, 4.69) is 15.4 Å². The number of rotatable bonds is 5. The number of hydrogen-bond donors (Lipinski definition) is 2. The van der Waals surface area contributed by atoms with Gasteiger partial charge in [-0.1, -0.05) is 18.2 Å². The van der Waals surface area contributed by atoms with E-state index in [9.17, 15) is 8.42 Å². The molecule has 0 saturated heterocycles. The van der Waals surface area contributed by atoms with Gasteiger partial charge >= 0.3 is 0 Å². The van der Waals surface area contributed by atoms with Crippen LogP contribution in [-0.4, -0.2) is 36.6 Å². The molecule has 3 aromatic rings. The number of nitrogens with one attached hydrogen (secondary N) is 1. The molecule has 9 heteroatoms. The second-order valence-electron chi connectivity index (χ2n) is 5.41. The van der Waals surface area contributed by atoms with Crippen molar-refractivity contribution < 1.29 is 8.42 Å². The Labute approximate surface area is 152 Å². The smallest absolute Gasteiger partial charge is 0.214 e. The fourth-order valence-electron chi connectivity index (χ4n) is 2.61. The molecule has 0 aliphatic heterocycles. The predicted molar refractivity (Wildman–Crippen MR) is 99.2 cm³/mol. The van der Waals surface area contributed by atoms with E-state index in [1.54, 1.807) is 41.9 Å². The van der Waals surface area contributed by atoms with Crippen molar-refractivity contribution in [2.45, 2.75) is 23.1 Å². The molecule has 7 nitrogen and oxygen atoms in total. The lowest BCUT2D eigenvalue weighted by atomic mass is 10.2. The molecule has 0 spiro atoms. The maximum Gasteiger partial charge on any atom is 0.214 e. The van der Waals surface area contributed by atoms with Crippen LogP contribution in [0.4, 0.5) is 5.82 Å². The molecular weight excluding hydrogens is 362 g/mol. The lowest BCUT2D eigenvalue weighted by Crippen LogP contribution is -2.09. The number of halogens is 1. The van der Waals surface area contributed by atoms with E-state index < -0.39 is 9.84 Å². The van der Waals surface area contributed by atoms with Crippen molar-refractivity contribution in [3.8, 4) is 0 Å². The van der Waals surface area contributed by atoms with Crippen LogP contribution >= 0.6 is 12.4 Å². The highest BCUT2D eigenvalue weighted by Crippen LogP contribution is 2.31. The van der Waals surface area contributed by atoms with Crippen LogP contribution in [0.2, 0.25) is 0 Å². The van der Waals surface area contributed by atoms with Crippen molar-refractivity contribution in [2.75, 3.05) is 18.9 Å². The van der Waals surface area contributed by atoms with Gasteiger partial charge in [0.2, 0.25) is 9.84 Å². The molecule has 2 aromatic heterocycles. The lowest BCUT2D eigenvalue weighted by Gasteiger charge is -2.06. The Balaban J connectivity index is 0.00000225. The fraction of sp³-hybridized carbons (Fsp3) is 0.250. The molecule has 1 aromatic carbocycles. The van der Waals surface area contributed by atoms with Crippen LogP contribution < -0.4 is 11.1 Å². The number of nitrogens with zero attached hydrogens (tertiary/aromatic N) is 3. The lowest BCUT2D eigenvalue weighted by molar-refractivity contribution is 0.597. The van der Waals surface area contributed by atoms with Crippen molar-refractivity contribution in [2.24, 2.45) is 5.73 Å². The van der Waals surface area contributed by atoms with E-state index in [1.807, 2.05) is 13.0 Å². The minimum Gasteiger partial charge on any atom is -0.370 e. The summed E-state index contributed by atoms with van der Waals surface area (Å²) in [7, 11) is -2.11. The summed E-state index contributed by atoms with van der Waals surface area (Å²) in [6, 6.07) is 10.1. The van der Waals surface area contributed by atoms with E-state index in [1.165, 1.54) is 0 Å². The minimum atomic E-state index is -3.75. The number of benzene rings is 1. The van der Waals surface area contributed by atoms with Crippen LogP contribution in [0.3, 0.4) is 0 Å². The van der Waals surface area contributed by atoms with Gasteiger partial charge < -0.3 is 11.1 Å². The Bertz CT molecular complexity index is 987. The summed E-state index contributed by atoms with van der Waals surface area (Å²) in [6.07, 6.45) is 0.572. The third kappa shape index (κ3) is 3.33. The number of aryl methyl sites for hydroxylation is 1. The summed E-state index contributed by atoms with van der Waals surface area (Å²) >= 11 is 0. The molecular formula is C16H20ClN5O2S. The zero-order valence-electron chi connectivity index (χ0n) is 13.9. The number of aromatic nitrogens is 3. The van der Waals surface area contributed by atoms with Crippen molar-refractivity contribution in [3.63, 3.8) is 0 Å². The first kappa shape index (κ1) is 19.2. The molecule has 3 N–H and O–H groups in total. The third-order valence-corrected chi connectivity index (χ3v) is 5.54. The van der Waals surface area contributed by atoms with Gasteiger partial charge in [0.25, 0.3) is 0 Å². The normalized spacial score (nSPS) is 11.3. The Morgan fingerprint density at radius 2 is 1.92 bits per heavy atom. The van der Waals surface area contributed by atoms with Gasteiger partial charge in [-0.3, -0.25) is 0 Å². The molecule has 0 amide bonds. The average molecular weight is 382 g/mol. The summed E-state index contributed by atoms with van der Waals surface area (Å²) in [5.74, 6) is 0.277. The van der Waals surface area contributed by atoms with Crippen molar-refractivity contribution >= 4 is 33.7 Å². The SMILES string of the molecule is CNc1nn2c(C)cc(CCN)nc2c1S(=O)(=O)c1ccccc1.Cl. The number of fused-ring (bicyclic) bond motifs is 1. The predicted octanol–water partition coefficient (Wildman–Crippen LogP) is 1.84. The van der Waals surface area contributed by atoms with Crippen LogP contribution in [0.1, 0.15) is 11.4 Å².